The van der Waals surface area contributed by atoms with Crippen LogP contribution in [0.2, 0.25) is 0 Å². The first-order valence-electron chi connectivity index (χ1n) is 26.7. The van der Waals surface area contributed by atoms with Crippen LogP contribution in [0.25, 0.3) is 0 Å². The molecule has 0 radical (unpaired) electrons. The molecule has 0 fully saturated rings. The number of nitrogens with zero attached hydrogens (tertiary/aromatic N) is 3. The Bertz CT molecular complexity index is 3240. The summed E-state index contributed by atoms with van der Waals surface area (Å²) >= 11 is 0. The van der Waals surface area contributed by atoms with Gasteiger partial charge < -0.3 is 107 Å². The standard InChI is InChI=1S/C55H74N18O14/c1-84-40-16-11-28(24-32(40)45(57)76)68-50(81)37(9-6-22-65-54(60)61)71-46(77)34-26-30(13-18-42(34)86-3)69-51(82)38(10-7-23-66-55(62)63)72-47(78)35-27-31(14-19-43(35)87-4)70-52(83)39(15-20-44(74)75)73-48(79)33-25-29(12-17-41(33)85-2)67-49(80)36(56)8-5-21-64-53(58)59/h11-14,16-19,24-27,36-39H,5-10,15,20-23,56H2,1-4H3,(H2,57,76)(H,67,80)(H,68,81)(H,69,82)(H,70,83)(H,71,77)(H,72,78)(H,73,79)(H,74,75)(H4,58,59,64)(H4,60,61,65)(H4,62,63,66)/t36-,37-,38-,39-/m1/s1. The Morgan fingerprint density at radius 1 is 0.425 bits per heavy atom. The number of nitrogens with one attached hydrogen (secondary N) is 7. The van der Waals surface area contributed by atoms with Crippen molar-refractivity contribution < 1.29 is 67.2 Å². The van der Waals surface area contributed by atoms with Crippen LogP contribution in [0.4, 0.5) is 22.7 Å². The Labute approximate surface area is 499 Å². The second-order valence-electron chi connectivity index (χ2n) is 18.9. The number of anilines is 4. The number of aliphatic carboxylic acids is 1. The number of rotatable bonds is 34. The molecule has 0 aliphatic rings. The zero-order chi connectivity index (χ0) is 64.3. The molecule has 24 N–H and O–H groups in total. The van der Waals surface area contributed by atoms with Gasteiger partial charge in [-0.1, -0.05) is 0 Å². The molecule has 87 heavy (non-hydrogen) atoms. The van der Waals surface area contributed by atoms with E-state index in [1.165, 1.54) is 101 Å². The predicted molar refractivity (Wildman–Crippen MR) is 323 cm³/mol. The minimum Gasteiger partial charge on any atom is -0.496 e. The van der Waals surface area contributed by atoms with Gasteiger partial charge in [0.2, 0.25) is 23.6 Å². The van der Waals surface area contributed by atoms with Gasteiger partial charge >= 0.3 is 5.97 Å². The number of carbonyl (C=O) groups excluding carboxylic acids is 8. The zero-order valence-electron chi connectivity index (χ0n) is 48.2. The van der Waals surface area contributed by atoms with Gasteiger partial charge in [0.15, 0.2) is 17.9 Å². The smallest absolute Gasteiger partial charge is 0.303 e. The Hall–Kier alpha value is -10.9. The molecule has 0 unspecified atom stereocenters. The Kier molecular flexibility index (Phi) is 26.8. The lowest BCUT2D eigenvalue weighted by molar-refractivity contribution is -0.137. The van der Waals surface area contributed by atoms with Crippen LogP contribution in [0, 0.1) is 0 Å². The first-order valence-corrected chi connectivity index (χ1v) is 26.7. The lowest BCUT2D eigenvalue weighted by atomic mass is 10.1. The van der Waals surface area contributed by atoms with E-state index in [0.29, 0.717) is 6.42 Å². The van der Waals surface area contributed by atoms with Gasteiger partial charge in [-0.25, -0.2) is 0 Å². The van der Waals surface area contributed by atoms with Crippen molar-refractivity contribution in [3.63, 3.8) is 0 Å². The number of guanidine groups is 3. The molecule has 0 aliphatic heterocycles. The Balaban J connectivity index is 1.59. The van der Waals surface area contributed by atoms with Crippen LogP contribution in [0.15, 0.2) is 87.8 Å². The summed E-state index contributed by atoms with van der Waals surface area (Å²) in [5.74, 6) is -8.00. The highest BCUT2D eigenvalue weighted by molar-refractivity contribution is 6.08. The van der Waals surface area contributed by atoms with E-state index >= 15 is 0 Å². The van der Waals surface area contributed by atoms with E-state index in [1.54, 1.807) is 0 Å². The summed E-state index contributed by atoms with van der Waals surface area (Å²) < 4.78 is 21.5. The molecule has 4 atom stereocenters. The largest absolute Gasteiger partial charge is 0.496 e. The van der Waals surface area contributed by atoms with Crippen molar-refractivity contribution in [3.8, 4) is 23.0 Å². The number of ether oxygens (including phenoxy) is 4. The second-order valence-corrected chi connectivity index (χ2v) is 18.9. The molecule has 32 nitrogen and oxygen atoms in total. The van der Waals surface area contributed by atoms with Crippen molar-refractivity contribution in [1.82, 2.24) is 16.0 Å². The Morgan fingerprint density at radius 2 is 0.713 bits per heavy atom. The molecular formula is C55H74N18O14. The first-order chi connectivity index (χ1) is 41.4. The number of primary amides is 1. The van der Waals surface area contributed by atoms with E-state index < -0.39 is 90.2 Å². The molecule has 0 saturated heterocycles. The van der Waals surface area contributed by atoms with Gasteiger partial charge in [0.05, 0.1) is 56.7 Å². The molecular weight excluding hydrogens is 1140 g/mol. The lowest BCUT2D eigenvalue weighted by Crippen LogP contribution is -2.45. The first kappa shape index (κ1) is 68.6. The summed E-state index contributed by atoms with van der Waals surface area (Å²) in [5, 5.41) is 28.0. The van der Waals surface area contributed by atoms with Gasteiger partial charge in [-0.3, -0.25) is 58.1 Å². The van der Waals surface area contributed by atoms with Crippen LogP contribution < -0.4 is 102 Å². The number of methoxy groups -OCH3 is 4. The molecule has 8 amide bonds. The fraction of sp³-hybridized carbons (Fsp3) is 0.345. The molecule has 0 aromatic heterocycles. The minimum absolute atomic E-state index is 0.0118. The van der Waals surface area contributed by atoms with Crippen molar-refractivity contribution in [2.75, 3.05) is 69.3 Å². The van der Waals surface area contributed by atoms with E-state index in [1.807, 2.05) is 0 Å². The number of benzene rings is 4. The van der Waals surface area contributed by atoms with Crippen molar-refractivity contribution in [3.05, 3.63) is 95.1 Å². The topological polar surface area (TPSA) is 540 Å². The quantitative estimate of drug-likeness (QED) is 0.0157. The lowest BCUT2D eigenvalue weighted by Gasteiger charge is -2.21. The summed E-state index contributed by atoms with van der Waals surface area (Å²) in [6.07, 6.45) is -0.0459. The molecule has 0 heterocycles. The SMILES string of the molecule is COc1ccc(NC(=O)[C@@H](CCCN=C(N)N)NC(=O)c2cc(NC(=O)[C@@H](CCCN=C(N)N)NC(=O)c3cc(NC(=O)[C@@H](CCC(=O)O)NC(=O)c4cc(NC(=O)[C@H](N)CCCN=C(N)N)ccc4OC)ccc3OC)ccc2OC)cc1C(N)=O. The van der Waals surface area contributed by atoms with Crippen molar-refractivity contribution in [1.29, 1.82) is 0 Å². The fourth-order valence-corrected chi connectivity index (χ4v) is 8.23. The maximum absolute atomic E-state index is 14.3. The summed E-state index contributed by atoms with van der Waals surface area (Å²) in [6.45, 7) is 0.381. The maximum atomic E-state index is 14.3. The van der Waals surface area contributed by atoms with E-state index in [0.717, 1.165) is 0 Å². The molecule has 4 rings (SSSR count). The highest BCUT2D eigenvalue weighted by atomic mass is 16.5. The highest BCUT2D eigenvalue weighted by Crippen LogP contribution is 2.28. The van der Waals surface area contributed by atoms with Gasteiger partial charge in [0.25, 0.3) is 23.6 Å². The van der Waals surface area contributed by atoms with Gasteiger partial charge in [-0.15, -0.1) is 0 Å². The monoisotopic (exact) mass is 1210 g/mol. The number of carboxylic acid groups (broad SMARTS) is 1. The second kappa shape index (κ2) is 34.0. The third-order valence-corrected chi connectivity index (χ3v) is 12.6. The molecule has 4 aromatic rings. The van der Waals surface area contributed by atoms with Crippen LogP contribution in [-0.2, 0) is 24.0 Å². The summed E-state index contributed by atoms with van der Waals surface area (Å²) in [5.41, 5.74) is 44.1. The van der Waals surface area contributed by atoms with Crippen LogP contribution in [0.1, 0.15) is 92.8 Å². The minimum atomic E-state index is -1.51. The molecule has 0 aliphatic carbocycles. The van der Waals surface area contributed by atoms with Gasteiger partial charge in [-0.05, 0) is 118 Å². The van der Waals surface area contributed by atoms with Crippen LogP contribution in [0.3, 0.4) is 0 Å². The summed E-state index contributed by atoms with van der Waals surface area (Å²) in [6, 6.07) is 11.2. The van der Waals surface area contributed by atoms with Crippen molar-refractivity contribution >= 4 is 93.9 Å². The van der Waals surface area contributed by atoms with Crippen molar-refractivity contribution in [2.45, 2.75) is 75.5 Å². The molecule has 0 saturated carbocycles. The maximum Gasteiger partial charge on any atom is 0.303 e. The van der Waals surface area contributed by atoms with Crippen molar-refractivity contribution in [2.24, 2.45) is 60.8 Å². The summed E-state index contributed by atoms with van der Waals surface area (Å²) in [4.78, 5) is 133. The van der Waals surface area contributed by atoms with Crippen LogP contribution >= 0.6 is 0 Å². The third-order valence-electron chi connectivity index (χ3n) is 12.6. The average Bonchev–Trinajstić information content (AvgIpc) is 2.63. The number of aliphatic imine (C=N–C) groups is 3. The molecule has 4 aromatic carbocycles. The van der Waals surface area contributed by atoms with E-state index in [4.69, 9.17) is 64.8 Å². The molecule has 0 bridgehead atoms. The predicted octanol–water partition coefficient (Wildman–Crippen LogP) is -0.677. The van der Waals surface area contributed by atoms with E-state index in [2.05, 4.69) is 52.2 Å². The zero-order valence-corrected chi connectivity index (χ0v) is 48.2. The number of carbonyl (C=O) groups is 9. The van der Waals surface area contributed by atoms with Crippen LogP contribution in [0.5, 0.6) is 23.0 Å². The number of hydrogen-bond donors (Lipinski definition) is 16. The van der Waals surface area contributed by atoms with E-state index in [-0.39, 0.29) is 138 Å². The highest BCUT2D eigenvalue weighted by Gasteiger charge is 2.29. The molecule has 0 spiro atoms. The number of amides is 8. The van der Waals surface area contributed by atoms with Gasteiger partial charge in [-0.2, -0.15) is 0 Å². The summed E-state index contributed by atoms with van der Waals surface area (Å²) in [7, 11) is 5.18. The normalized spacial score (nSPS) is 11.9. The third kappa shape index (κ3) is 22.0. The Morgan fingerprint density at radius 3 is 1.01 bits per heavy atom. The fourth-order valence-electron chi connectivity index (χ4n) is 8.23. The van der Waals surface area contributed by atoms with Crippen LogP contribution in [-0.4, -0.2) is 148 Å². The average molecular weight is 1210 g/mol. The molecule has 468 valence electrons. The molecule has 32 heteroatoms. The van der Waals surface area contributed by atoms with Gasteiger partial charge in [0, 0.05) is 48.8 Å². The van der Waals surface area contributed by atoms with E-state index in [9.17, 15) is 48.3 Å². The number of carboxylic acids is 1. The van der Waals surface area contributed by atoms with Gasteiger partial charge in [0.1, 0.15) is 41.1 Å². The number of nitrogens with two attached hydrogens (primary N) is 8. The number of hydrogen-bond acceptors (Lipinski definition) is 17.